The summed E-state index contributed by atoms with van der Waals surface area (Å²) >= 11 is 0. The second-order valence-corrected chi connectivity index (χ2v) is 5.91. The predicted molar refractivity (Wildman–Crippen MR) is 98.2 cm³/mol. The summed E-state index contributed by atoms with van der Waals surface area (Å²) in [5.41, 5.74) is 0. The first kappa shape index (κ1) is 20.6. The number of hydrogen-bond donors (Lipinski definition) is 1. The second kappa shape index (κ2) is 11.2. The van der Waals surface area contributed by atoms with E-state index in [1.54, 1.807) is 7.11 Å². The minimum Gasteiger partial charge on any atom is -0.497 e. The standard InChI is InChI=1S/C18H28N2O3.ClH/c1-3-19-14-15-8-11-20(12-9-15)18(21)10-13-23-17-6-4-16(22-2)5-7-17;/h4-7,15,19H,3,8-14H2,1-2H3;1H. The molecular weight excluding hydrogens is 328 g/mol. The van der Waals surface area contributed by atoms with E-state index in [1.807, 2.05) is 29.2 Å². The van der Waals surface area contributed by atoms with E-state index in [9.17, 15) is 4.79 Å². The van der Waals surface area contributed by atoms with Gasteiger partial charge in [0, 0.05) is 13.1 Å². The molecule has 1 N–H and O–H groups in total. The van der Waals surface area contributed by atoms with Gasteiger partial charge in [-0.05, 0) is 56.1 Å². The van der Waals surface area contributed by atoms with E-state index >= 15 is 0 Å². The molecule has 136 valence electrons. The number of methoxy groups -OCH3 is 1. The van der Waals surface area contributed by atoms with Crippen molar-refractivity contribution in [2.45, 2.75) is 26.2 Å². The van der Waals surface area contributed by atoms with E-state index in [0.717, 1.165) is 50.5 Å². The largest absolute Gasteiger partial charge is 0.497 e. The summed E-state index contributed by atoms with van der Waals surface area (Å²) in [7, 11) is 1.63. The predicted octanol–water partition coefficient (Wildman–Crippen LogP) is 2.73. The minimum atomic E-state index is 0. The third kappa shape index (κ3) is 6.57. The lowest BCUT2D eigenvalue weighted by Crippen LogP contribution is -2.41. The third-order valence-corrected chi connectivity index (χ3v) is 4.29. The Morgan fingerprint density at radius 1 is 1.21 bits per heavy atom. The Morgan fingerprint density at radius 2 is 1.83 bits per heavy atom. The van der Waals surface area contributed by atoms with Crippen molar-refractivity contribution in [3.05, 3.63) is 24.3 Å². The molecule has 5 nitrogen and oxygen atoms in total. The van der Waals surface area contributed by atoms with Crippen molar-refractivity contribution < 1.29 is 14.3 Å². The number of nitrogens with zero attached hydrogens (tertiary/aromatic N) is 1. The molecule has 1 heterocycles. The highest BCUT2D eigenvalue weighted by atomic mass is 35.5. The van der Waals surface area contributed by atoms with Gasteiger partial charge in [-0.1, -0.05) is 6.92 Å². The van der Waals surface area contributed by atoms with Crippen LogP contribution in [0.3, 0.4) is 0 Å². The fourth-order valence-corrected chi connectivity index (χ4v) is 2.82. The summed E-state index contributed by atoms with van der Waals surface area (Å²) in [6.45, 7) is 6.37. The van der Waals surface area contributed by atoms with Crippen LogP contribution in [0.2, 0.25) is 0 Å². The quantitative estimate of drug-likeness (QED) is 0.778. The Labute approximate surface area is 151 Å². The van der Waals surface area contributed by atoms with Gasteiger partial charge in [0.25, 0.3) is 0 Å². The smallest absolute Gasteiger partial charge is 0.225 e. The zero-order valence-electron chi connectivity index (χ0n) is 14.6. The highest BCUT2D eigenvalue weighted by Crippen LogP contribution is 2.19. The molecule has 0 aromatic heterocycles. The molecule has 0 radical (unpaired) electrons. The topological polar surface area (TPSA) is 50.8 Å². The molecule has 1 aromatic carbocycles. The maximum Gasteiger partial charge on any atom is 0.225 e. The summed E-state index contributed by atoms with van der Waals surface area (Å²) in [6, 6.07) is 7.42. The zero-order chi connectivity index (χ0) is 16.5. The van der Waals surface area contributed by atoms with Gasteiger partial charge in [0.05, 0.1) is 20.1 Å². The van der Waals surface area contributed by atoms with Crippen molar-refractivity contribution in [3.8, 4) is 11.5 Å². The average molecular weight is 357 g/mol. The molecule has 1 fully saturated rings. The molecule has 1 amide bonds. The van der Waals surface area contributed by atoms with Crippen molar-refractivity contribution in [1.29, 1.82) is 0 Å². The minimum absolute atomic E-state index is 0. The molecule has 6 heteroatoms. The molecule has 1 aromatic rings. The maximum atomic E-state index is 12.2. The van der Waals surface area contributed by atoms with E-state index in [0.29, 0.717) is 18.9 Å². The van der Waals surface area contributed by atoms with Crippen molar-refractivity contribution >= 4 is 18.3 Å². The number of benzene rings is 1. The molecule has 0 bridgehead atoms. The first-order chi connectivity index (χ1) is 11.2. The number of halogens is 1. The van der Waals surface area contributed by atoms with Gasteiger partial charge in [0.15, 0.2) is 0 Å². The van der Waals surface area contributed by atoms with Gasteiger partial charge in [-0.15, -0.1) is 12.4 Å². The molecule has 2 rings (SSSR count). The molecule has 24 heavy (non-hydrogen) atoms. The van der Waals surface area contributed by atoms with Gasteiger partial charge < -0.3 is 19.7 Å². The number of amides is 1. The Hall–Kier alpha value is -1.46. The van der Waals surface area contributed by atoms with Crippen molar-refractivity contribution in [1.82, 2.24) is 10.2 Å². The summed E-state index contributed by atoms with van der Waals surface area (Å²) in [4.78, 5) is 14.2. The molecular formula is C18H29ClN2O3. The third-order valence-electron chi connectivity index (χ3n) is 4.29. The fourth-order valence-electron chi connectivity index (χ4n) is 2.82. The van der Waals surface area contributed by atoms with Crippen LogP contribution in [-0.2, 0) is 4.79 Å². The van der Waals surface area contributed by atoms with E-state index in [2.05, 4.69) is 12.2 Å². The van der Waals surface area contributed by atoms with Gasteiger partial charge in [-0.2, -0.15) is 0 Å². The zero-order valence-corrected chi connectivity index (χ0v) is 15.4. The van der Waals surface area contributed by atoms with Crippen LogP contribution in [0.1, 0.15) is 26.2 Å². The van der Waals surface area contributed by atoms with Crippen LogP contribution in [0.4, 0.5) is 0 Å². The number of ether oxygens (including phenoxy) is 2. The van der Waals surface area contributed by atoms with Gasteiger partial charge in [-0.25, -0.2) is 0 Å². The highest BCUT2D eigenvalue weighted by Gasteiger charge is 2.22. The van der Waals surface area contributed by atoms with Crippen molar-refractivity contribution in [2.75, 3.05) is 39.9 Å². The molecule has 0 unspecified atom stereocenters. The SMILES string of the molecule is CCNCC1CCN(C(=O)CCOc2ccc(OC)cc2)CC1.Cl. The first-order valence-corrected chi connectivity index (χ1v) is 8.48. The lowest BCUT2D eigenvalue weighted by molar-refractivity contribution is -0.133. The number of nitrogens with one attached hydrogen (secondary N) is 1. The van der Waals surface area contributed by atoms with Crippen LogP contribution in [0.15, 0.2) is 24.3 Å². The molecule has 1 saturated heterocycles. The molecule has 0 spiro atoms. The normalized spacial score (nSPS) is 14.8. The van der Waals surface area contributed by atoms with Crippen LogP contribution < -0.4 is 14.8 Å². The van der Waals surface area contributed by atoms with E-state index < -0.39 is 0 Å². The van der Waals surface area contributed by atoms with Crippen LogP contribution in [-0.4, -0.2) is 50.7 Å². The Morgan fingerprint density at radius 3 is 2.42 bits per heavy atom. The van der Waals surface area contributed by atoms with Crippen molar-refractivity contribution in [2.24, 2.45) is 5.92 Å². The first-order valence-electron chi connectivity index (χ1n) is 8.48. The highest BCUT2D eigenvalue weighted by molar-refractivity contribution is 5.85. The summed E-state index contributed by atoms with van der Waals surface area (Å²) in [5, 5.41) is 3.39. The second-order valence-electron chi connectivity index (χ2n) is 5.91. The van der Waals surface area contributed by atoms with Crippen molar-refractivity contribution in [3.63, 3.8) is 0 Å². The number of piperidine rings is 1. The number of hydrogen-bond acceptors (Lipinski definition) is 4. The summed E-state index contributed by atoms with van der Waals surface area (Å²) in [6.07, 6.45) is 2.63. The number of carbonyl (C=O) groups excluding carboxylic acids is 1. The average Bonchev–Trinajstić information content (AvgIpc) is 2.61. The lowest BCUT2D eigenvalue weighted by atomic mass is 9.96. The number of carbonyl (C=O) groups is 1. The molecule has 0 atom stereocenters. The number of rotatable bonds is 8. The van der Waals surface area contributed by atoms with Crippen LogP contribution >= 0.6 is 12.4 Å². The Bertz CT molecular complexity index is 474. The summed E-state index contributed by atoms with van der Waals surface area (Å²) in [5.74, 6) is 2.46. The monoisotopic (exact) mass is 356 g/mol. The van der Waals surface area contributed by atoms with Gasteiger partial charge >= 0.3 is 0 Å². The van der Waals surface area contributed by atoms with E-state index in [4.69, 9.17) is 9.47 Å². The van der Waals surface area contributed by atoms with Gasteiger partial charge in [0.1, 0.15) is 11.5 Å². The van der Waals surface area contributed by atoms with Gasteiger partial charge in [0.2, 0.25) is 5.91 Å². The number of likely N-dealkylation sites (tertiary alicyclic amines) is 1. The van der Waals surface area contributed by atoms with Crippen LogP contribution in [0.5, 0.6) is 11.5 Å². The molecule has 0 aliphatic carbocycles. The van der Waals surface area contributed by atoms with Gasteiger partial charge in [-0.3, -0.25) is 4.79 Å². The molecule has 1 aliphatic heterocycles. The lowest BCUT2D eigenvalue weighted by Gasteiger charge is -2.32. The van der Waals surface area contributed by atoms with Crippen LogP contribution in [0, 0.1) is 5.92 Å². The van der Waals surface area contributed by atoms with Crippen LogP contribution in [0.25, 0.3) is 0 Å². The molecule has 0 saturated carbocycles. The van der Waals surface area contributed by atoms with E-state index in [1.165, 1.54) is 0 Å². The fraction of sp³-hybridized carbons (Fsp3) is 0.611. The van der Waals surface area contributed by atoms with E-state index in [-0.39, 0.29) is 18.3 Å². The summed E-state index contributed by atoms with van der Waals surface area (Å²) < 4.78 is 10.7. The Kier molecular flexibility index (Phi) is 9.57. The Balaban J connectivity index is 0.00000288. The molecule has 1 aliphatic rings. The maximum absolute atomic E-state index is 12.2.